The SMILES string of the molecule is Cc1cc(C)cc(/C=C/C23CCN(CC2)CC3)c1. The van der Waals surface area contributed by atoms with E-state index in [1.165, 1.54) is 55.6 Å². The molecule has 1 heteroatoms. The third-order valence-electron chi connectivity index (χ3n) is 4.65. The molecule has 0 N–H and O–H groups in total. The third kappa shape index (κ3) is 2.37. The molecule has 3 heterocycles. The van der Waals surface area contributed by atoms with Crippen molar-refractivity contribution in [2.24, 2.45) is 5.41 Å². The van der Waals surface area contributed by atoms with Crippen LogP contribution in [-0.4, -0.2) is 24.5 Å². The van der Waals surface area contributed by atoms with Gasteiger partial charge in [0.25, 0.3) is 0 Å². The number of piperidine rings is 3. The largest absolute Gasteiger partial charge is 0.303 e. The van der Waals surface area contributed by atoms with Crippen LogP contribution in [0.15, 0.2) is 24.3 Å². The number of hydrogen-bond acceptors (Lipinski definition) is 1. The van der Waals surface area contributed by atoms with Crippen LogP contribution in [0.3, 0.4) is 0 Å². The molecule has 0 spiro atoms. The number of benzene rings is 1. The molecule has 0 amide bonds. The summed E-state index contributed by atoms with van der Waals surface area (Å²) < 4.78 is 0. The van der Waals surface area contributed by atoms with Gasteiger partial charge in [0.05, 0.1) is 0 Å². The highest BCUT2D eigenvalue weighted by Gasteiger charge is 2.36. The second-order valence-corrected chi connectivity index (χ2v) is 6.21. The van der Waals surface area contributed by atoms with Crippen LogP contribution in [0.25, 0.3) is 6.08 Å². The Hall–Kier alpha value is -1.08. The van der Waals surface area contributed by atoms with Gasteiger partial charge in [-0.05, 0) is 63.7 Å². The van der Waals surface area contributed by atoms with Crippen molar-refractivity contribution in [3.8, 4) is 0 Å². The zero-order valence-corrected chi connectivity index (χ0v) is 11.6. The minimum absolute atomic E-state index is 0.506. The van der Waals surface area contributed by atoms with Gasteiger partial charge >= 0.3 is 0 Å². The molecule has 0 saturated carbocycles. The van der Waals surface area contributed by atoms with Crippen LogP contribution in [0.5, 0.6) is 0 Å². The fourth-order valence-electron chi connectivity index (χ4n) is 3.48. The highest BCUT2D eigenvalue weighted by atomic mass is 15.1. The Labute approximate surface area is 111 Å². The minimum atomic E-state index is 0.506. The van der Waals surface area contributed by atoms with Gasteiger partial charge < -0.3 is 4.90 Å². The maximum Gasteiger partial charge on any atom is -0.00104 e. The summed E-state index contributed by atoms with van der Waals surface area (Å²) >= 11 is 0. The minimum Gasteiger partial charge on any atom is -0.303 e. The molecule has 0 radical (unpaired) electrons. The molecular formula is C17H23N. The van der Waals surface area contributed by atoms with Crippen molar-refractivity contribution < 1.29 is 0 Å². The van der Waals surface area contributed by atoms with E-state index in [0.29, 0.717) is 5.41 Å². The van der Waals surface area contributed by atoms with Gasteiger partial charge in [-0.15, -0.1) is 0 Å². The lowest BCUT2D eigenvalue weighted by atomic mass is 9.72. The van der Waals surface area contributed by atoms with E-state index in [-0.39, 0.29) is 0 Å². The number of aryl methyl sites for hydroxylation is 2. The first kappa shape index (κ1) is 12.0. The number of allylic oxidation sites excluding steroid dienone is 1. The van der Waals surface area contributed by atoms with Gasteiger partial charge in [0.1, 0.15) is 0 Å². The van der Waals surface area contributed by atoms with Crippen molar-refractivity contribution in [1.29, 1.82) is 0 Å². The van der Waals surface area contributed by atoms with Gasteiger partial charge in [0.15, 0.2) is 0 Å². The second kappa shape index (κ2) is 4.55. The average Bonchev–Trinajstić information content (AvgIpc) is 2.38. The molecule has 3 saturated heterocycles. The maximum atomic E-state index is 2.60. The molecule has 2 bridgehead atoms. The van der Waals surface area contributed by atoms with Gasteiger partial charge in [-0.25, -0.2) is 0 Å². The zero-order valence-electron chi connectivity index (χ0n) is 11.6. The Balaban J connectivity index is 1.80. The molecule has 3 aliphatic heterocycles. The highest BCUT2D eigenvalue weighted by molar-refractivity contribution is 5.52. The van der Waals surface area contributed by atoms with Crippen molar-refractivity contribution in [1.82, 2.24) is 4.90 Å². The summed E-state index contributed by atoms with van der Waals surface area (Å²) in [5.41, 5.74) is 4.61. The molecule has 4 rings (SSSR count). The van der Waals surface area contributed by atoms with Crippen LogP contribution >= 0.6 is 0 Å². The first-order chi connectivity index (χ1) is 8.65. The van der Waals surface area contributed by atoms with E-state index in [4.69, 9.17) is 0 Å². The monoisotopic (exact) mass is 241 g/mol. The molecule has 1 aromatic carbocycles. The molecular weight excluding hydrogens is 218 g/mol. The predicted molar refractivity (Wildman–Crippen MR) is 77.7 cm³/mol. The normalized spacial score (nSPS) is 31.1. The van der Waals surface area contributed by atoms with Crippen LogP contribution in [0.2, 0.25) is 0 Å². The molecule has 96 valence electrons. The van der Waals surface area contributed by atoms with Crippen molar-refractivity contribution in [2.75, 3.05) is 19.6 Å². The van der Waals surface area contributed by atoms with Crippen LogP contribution in [0.1, 0.15) is 36.0 Å². The quantitative estimate of drug-likeness (QED) is 0.761. The molecule has 3 aliphatic rings. The molecule has 0 unspecified atom stereocenters. The van der Waals surface area contributed by atoms with Crippen molar-refractivity contribution in [3.63, 3.8) is 0 Å². The summed E-state index contributed by atoms with van der Waals surface area (Å²) in [6.07, 6.45) is 8.94. The van der Waals surface area contributed by atoms with Gasteiger partial charge in [0, 0.05) is 0 Å². The Bertz CT molecular complexity index is 430. The van der Waals surface area contributed by atoms with Crippen molar-refractivity contribution >= 4 is 6.08 Å². The summed E-state index contributed by atoms with van der Waals surface area (Å²) in [6.45, 7) is 8.27. The van der Waals surface area contributed by atoms with Crippen molar-refractivity contribution in [3.05, 3.63) is 41.0 Å². The van der Waals surface area contributed by atoms with Crippen molar-refractivity contribution in [2.45, 2.75) is 33.1 Å². The Morgan fingerprint density at radius 3 is 2.06 bits per heavy atom. The topological polar surface area (TPSA) is 3.24 Å². The summed E-state index contributed by atoms with van der Waals surface area (Å²) in [4.78, 5) is 2.60. The summed E-state index contributed by atoms with van der Waals surface area (Å²) in [5.74, 6) is 0. The Morgan fingerprint density at radius 2 is 1.50 bits per heavy atom. The predicted octanol–water partition coefficient (Wildman–Crippen LogP) is 3.80. The lowest BCUT2D eigenvalue weighted by Gasteiger charge is -2.47. The first-order valence-corrected chi connectivity index (χ1v) is 7.15. The van der Waals surface area contributed by atoms with E-state index in [2.05, 4.69) is 49.1 Å². The van der Waals surface area contributed by atoms with E-state index in [1.54, 1.807) is 0 Å². The fourth-order valence-corrected chi connectivity index (χ4v) is 3.48. The number of nitrogens with zero attached hydrogens (tertiary/aromatic N) is 1. The van der Waals surface area contributed by atoms with Crippen LogP contribution in [-0.2, 0) is 0 Å². The van der Waals surface area contributed by atoms with Gasteiger partial charge in [-0.3, -0.25) is 0 Å². The molecule has 0 aromatic heterocycles. The maximum absolute atomic E-state index is 2.60. The molecule has 0 atom stereocenters. The average molecular weight is 241 g/mol. The standard InChI is InChI=1S/C17H23N/c1-14-11-15(2)13-16(12-14)3-4-17-5-8-18(9-6-17)10-7-17/h3-4,11-13H,5-10H2,1-2H3/b4-3+. The highest BCUT2D eigenvalue weighted by Crippen LogP contribution is 2.41. The van der Waals surface area contributed by atoms with E-state index in [0.717, 1.165) is 0 Å². The second-order valence-electron chi connectivity index (χ2n) is 6.21. The summed E-state index contributed by atoms with van der Waals surface area (Å²) in [5, 5.41) is 0. The van der Waals surface area contributed by atoms with Gasteiger partial charge in [-0.2, -0.15) is 0 Å². The third-order valence-corrected chi connectivity index (χ3v) is 4.65. The summed E-state index contributed by atoms with van der Waals surface area (Å²) in [7, 11) is 0. The molecule has 1 aromatic rings. The molecule has 3 fully saturated rings. The molecule has 1 nitrogen and oxygen atoms in total. The summed E-state index contributed by atoms with van der Waals surface area (Å²) in [6, 6.07) is 6.82. The number of rotatable bonds is 2. The number of hydrogen-bond donors (Lipinski definition) is 0. The smallest absolute Gasteiger partial charge is 0.00104 e. The zero-order chi connectivity index (χ0) is 12.6. The first-order valence-electron chi connectivity index (χ1n) is 7.15. The van der Waals surface area contributed by atoms with E-state index in [9.17, 15) is 0 Å². The Morgan fingerprint density at radius 1 is 0.944 bits per heavy atom. The van der Waals surface area contributed by atoms with Crippen LogP contribution < -0.4 is 0 Å². The van der Waals surface area contributed by atoms with E-state index in [1.807, 2.05) is 0 Å². The molecule has 18 heavy (non-hydrogen) atoms. The fraction of sp³-hybridized carbons (Fsp3) is 0.529. The number of fused-ring (bicyclic) bond motifs is 3. The lowest BCUT2D eigenvalue weighted by Crippen LogP contribution is -2.47. The molecule has 0 aliphatic carbocycles. The lowest BCUT2D eigenvalue weighted by molar-refractivity contribution is 0.0619. The van der Waals surface area contributed by atoms with E-state index < -0.39 is 0 Å². The van der Waals surface area contributed by atoms with E-state index >= 15 is 0 Å². The van der Waals surface area contributed by atoms with Crippen LogP contribution in [0.4, 0.5) is 0 Å². The van der Waals surface area contributed by atoms with Gasteiger partial charge in [0.2, 0.25) is 0 Å². The Kier molecular flexibility index (Phi) is 3.03. The van der Waals surface area contributed by atoms with Crippen LogP contribution in [0, 0.1) is 19.3 Å². The van der Waals surface area contributed by atoms with Gasteiger partial charge in [-0.1, -0.05) is 41.5 Å².